The standard InChI is InChI=1S/C13H22N2O5/c1-5-14-13(18)15(6-2)10(3)9-20-12(17)8-7-11(16)19-4/h7-8,10H,5-6,9H2,1-4H3,(H,14,18)/b8-7+/t10-/m0/s1. The van der Waals surface area contributed by atoms with Gasteiger partial charge < -0.3 is 19.7 Å². The Labute approximate surface area is 118 Å². The highest BCUT2D eigenvalue weighted by atomic mass is 16.5. The fourth-order valence-electron chi connectivity index (χ4n) is 1.45. The van der Waals surface area contributed by atoms with Crippen LogP contribution in [0.1, 0.15) is 20.8 Å². The molecule has 0 aliphatic carbocycles. The number of nitrogens with one attached hydrogen (secondary N) is 1. The topological polar surface area (TPSA) is 84.9 Å². The molecule has 7 nitrogen and oxygen atoms in total. The summed E-state index contributed by atoms with van der Waals surface area (Å²) in [7, 11) is 1.21. The minimum Gasteiger partial charge on any atom is -0.466 e. The molecular weight excluding hydrogens is 264 g/mol. The van der Waals surface area contributed by atoms with Crippen LogP contribution in [0.25, 0.3) is 0 Å². The third-order valence-corrected chi connectivity index (χ3v) is 2.49. The minimum atomic E-state index is -0.658. The molecule has 0 aromatic rings. The van der Waals surface area contributed by atoms with Crippen LogP contribution in [0, 0.1) is 0 Å². The Morgan fingerprint density at radius 3 is 2.30 bits per heavy atom. The van der Waals surface area contributed by atoms with Crippen molar-refractivity contribution in [2.45, 2.75) is 26.8 Å². The number of ether oxygens (including phenoxy) is 2. The average Bonchev–Trinajstić information content (AvgIpc) is 2.43. The maximum Gasteiger partial charge on any atom is 0.331 e. The lowest BCUT2D eigenvalue weighted by Crippen LogP contribution is -2.46. The van der Waals surface area contributed by atoms with Gasteiger partial charge in [0.1, 0.15) is 6.61 Å². The molecule has 0 saturated carbocycles. The zero-order valence-electron chi connectivity index (χ0n) is 12.3. The number of nitrogens with zero attached hydrogens (tertiary/aromatic N) is 1. The first-order chi connectivity index (χ1) is 9.46. The molecule has 0 spiro atoms. The molecule has 0 heterocycles. The lowest BCUT2D eigenvalue weighted by atomic mass is 10.3. The van der Waals surface area contributed by atoms with E-state index in [1.54, 1.807) is 11.8 Å². The van der Waals surface area contributed by atoms with Gasteiger partial charge >= 0.3 is 18.0 Å². The molecule has 0 saturated heterocycles. The Bertz CT molecular complexity index is 368. The smallest absolute Gasteiger partial charge is 0.331 e. The summed E-state index contributed by atoms with van der Waals surface area (Å²) in [6.07, 6.45) is 1.97. The first kappa shape index (κ1) is 17.9. The zero-order chi connectivity index (χ0) is 15.5. The Morgan fingerprint density at radius 2 is 1.80 bits per heavy atom. The predicted octanol–water partition coefficient (Wildman–Crippen LogP) is 0.699. The van der Waals surface area contributed by atoms with Crippen LogP contribution >= 0.6 is 0 Å². The molecule has 7 heteroatoms. The zero-order valence-corrected chi connectivity index (χ0v) is 12.3. The summed E-state index contributed by atoms with van der Waals surface area (Å²) < 4.78 is 9.30. The van der Waals surface area contributed by atoms with Crippen molar-refractivity contribution in [2.24, 2.45) is 0 Å². The van der Waals surface area contributed by atoms with Crippen LogP contribution in [-0.2, 0) is 19.1 Å². The van der Waals surface area contributed by atoms with Crippen molar-refractivity contribution in [3.63, 3.8) is 0 Å². The Hall–Kier alpha value is -2.05. The number of likely N-dealkylation sites (N-methyl/N-ethyl adjacent to an activating group) is 1. The molecule has 114 valence electrons. The number of hydrogen-bond acceptors (Lipinski definition) is 5. The van der Waals surface area contributed by atoms with Crippen molar-refractivity contribution in [1.29, 1.82) is 0 Å². The molecule has 0 aliphatic heterocycles. The third-order valence-electron chi connectivity index (χ3n) is 2.49. The number of urea groups is 1. The molecule has 0 radical (unpaired) electrons. The lowest BCUT2D eigenvalue weighted by Gasteiger charge is -2.27. The fraction of sp³-hybridized carbons (Fsp3) is 0.615. The second kappa shape index (κ2) is 9.82. The van der Waals surface area contributed by atoms with E-state index in [4.69, 9.17) is 4.74 Å². The lowest BCUT2D eigenvalue weighted by molar-refractivity contribution is -0.140. The molecule has 0 unspecified atom stereocenters. The van der Waals surface area contributed by atoms with E-state index in [1.807, 2.05) is 13.8 Å². The summed E-state index contributed by atoms with van der Waals surface area (Å²) in [5.41, 5.74) is 0. The number of hydrogen-bond donors (Lipinski definition) is 1. The van der Waals surface area contributed by atoms with Crippen LogP contribution in [0.2, 0.25) is 0 Å². The molecule has 20 heavy (non-hydrogen) atoms. The van der Waals surface area contributed by atoms with E-state index in [0.29, 0.717) is 13.1 Å². The summed E-state index contributed by atoms with van der Waals surface area (Å²) in [5.74, 6) is -1.29. The molecule has 1 atom stereocenters. The van der Waals surface area contributed by atoms with Gasteiger partial charge in [-0.3, -0.25) is 0 Å². The molecule has 0 rings (SSSR count). The maximum absolute atomic E-state index is 11.7. The van der Waals surface area contributed by atoms with Crippen LogP contribution < -0.4 is 5.32 Å². The van der Waals surface area contributed by atoms with Crippen molar-refractivity contribution in [2.75, 3.05) is 26.8 Å². The first-order valence-corrected chi connectivity index (χ1v) is 6.43. The summed E-state index contributed by atoms with van der Waals surface area (Å²) >= 11 is 0. The van der Waals surface area contributed by atoms with Crippen LogP contribution in [0.15, 0.2) is 12.2 Å². The minimum absolute atomic E-state index is 0.0509. The van der Waals surface area contributed by atoms with Crippen LogP contribution in [0.3, 0.4) is 0 Å². The van der Waals surface area contributed by atoms with Crippen LogP contribution in [0.5, 0.6) is 0 Å². The third kappa shape index (κ3) is 6.77. The second-order valence-electron chi connectivity index (χ2n) is 3.96. The Morgan fingerprint density at radius 1 is 1.20 bits per heavy atom. The monoisotopic (exact) mass is 286 g/mol. The molecular formula is C13H22N2O5. The fourth-order valence-corrected chi connectivity index (χ4v) is 1.45. The molecule has 0 aromatic heterocycles. The quantitative estimate of drug-likeness (QED) is 0.550. The summed E-state index contributed by atoms with van der Waals surface area (Å²) in [4.78, 5) is 35.4. The van der Waals surface area contributed by atoms with Gasteiger partial charge in [0, 0.05) is 25.2 Å². The van der Waals surface area contributed by atoms with Crippen molar-refractivity contribution < 1.29 is 23.9 Å². The largest absolute Gasteiger partial charge is 0.466 e. The Kier molecular flexibility index (Phi) is 8.82. The number of methoxy groups -OCH3 is 1. The number of carbonyl (C=O) groups is 3. The van der Waals surface area contributed by atoms with E-state index in [0.717, 1.165) is 12.2 Å². The molecule has 2 amide bonds. The van der Waals surface area contributed by atoms with Crippen LogP contribution in [-0.4, -0.2) is 55.7 Å². The predicted molar refractivity (Wildman–Crippen MR) is 73.0 cm³/mol. The van der Waals surface area contributed by atoms with Gasteiger partial charge in [0.15, 0.2) is 0 Å². The summed E-state index contributed by atoms with van der Waals surface area (Å²) in [5, 5.41) is 2.68. The number of rotatable bonds is 7. The normalized spacial score (nSPS) is 11.8. The highest BCUT2D eigenvalue weighted by Gasteiger charge is 2.18. The highest BCUT2D eigenvalue weighted by molar-refractivity contribution is 5.91. The number of esters is 2. The van der Waals surface area contributed by atoms with Gasteiger partial charge in [-0.2, -0.15) is 0 Å². The number of carbonyl (C=O) groups excluding carboxylic acids is 3. The van der Waals surface area contributed by atoms with Gasteiger partial charge in [-0.15, -0.1) is 0 Å². The number of amides is 2. The van der Waals surface area contributed by atoms with E-state index in [-0.39, 0.29) is 18.7 Å². The molecule has 0 bridgehead atoms. The van der Waals surface area contributed by atoms with Gasteiger partial charge in [-0.1, -0.05) is 0 Å². The second-order valence-corrected chi connectivity index (χ2v) is 3.96. The van der Waals surface area contributed by atoms with Crippen molar-refractivity contribution >= 4 is 18.0 Å². The van der Waals surface area contributed by atoms with E-state index in [2.05, 4.69) is 10.1 Å². The SMILES string of the molecule is CCNC(=O)N(CC)[C@@H](C)COC(=O)/C=C/C(=O)OC. The molecule has 0 fully saturated rings. The van der Waals surface area contributed by atoms with E-state index in [1.165, 1.54) is 7.11 Å². The first-order valence-electron chi connectivity index (χ1n) is 6.43. The van der Waals surface area contributed by atoms with Gasteiger partial charge in [0.2, 0.25) is 0 Å². The maximum atomic E-state index is 11.7. The van der Waals surface area contributed by atoms with Crippen molar-refractivity contribution in [3.8, 4) is 0 Å². The average molecular weight is 286 g/mol. The van der Waals surface area contributed by atoms with Gasteiger partial charge in [0.25, 0.3) is 0 Å². The van der Waals surface area contributed by atoms with Gasteiger partial charge in [-0.25, -0.2) is 14.4 Å². The Balaban J connectivity index is 4.28. The van der Waals surface area contributed by atoms with E-state index in [9.17, 15) is 14.4 Å². The highest BCUT2D eigenvalue weighted by Crippen LogP contribution is 2.01. The van der Waals surface area contributed by atoms with Gasteiger partial charge in [-0.05, 0) is 20.8 Å². The van der Waals surface area contributed by atoms with Crippen LogP contribution in [0.4, 0.5) is 4.79 Å². The summed E-state index contributed by atoms with van der Waals surface area (Å²) in [6.45, 7) is 6.52. The molecule has 1 N–H and O–H groups in total. The van der Waals surface area contributed by atoms with Crippen molar-refractivity contribution in [3.05, 3.63) is 12.2 Å². The molecule has 0 aliphatic rings. The van der Waals surface area contributed by atoms with E-state index < -0.39 is 11.9 Å². The van der Waals surface area contributed by atoms with E-state index >= 15 is 0 Å². The molecule has 0 aromatic carbocycles. The summed E-state index contributed by atoms with van der Waals surface area (Å²) in [6, 6.07) is -0.467. The van der Waals surface area contributed by atoms with Gasteiger partial charge in [0.05, 0.1) is 13.2 Å². The van der Waals surface area contributed by atoms with Crippen molar-refractivity contribution in [1.82, 2.24) is 10.2 Å².